The molecule has 11 nitrogen and oxygen atoms in total. The van der Waals surface area contributed by atoms with E-state index in [1.807, 2.05) is 12.3 Å². The van der Waals surface area contributed by atoms with Crippen molar-refractivity contribution in [3.8, 4) is 5.75 Å². The number of aliphatic hydroxyl groups excluding tert-OH is 3. The summed E-state index contributed by atoms with van der Waals surface area (Å²) in [5.41, 5.74) is 6.06. The number of nitrogens with two attached hydrogens (primary N) is 1. The Kier molecular flexibility index (Phi) is 6.52. The number of nitrogens with zero attached hydrogens (tertiary/aromatic N) is 2. The predicted octanol–water partition coefficient (Wildman–Crippen LogP) is 2.30. The summed E-state index contributed by atoms with van der Waals surface area (Å²) in [6, 6.07) is 2.28. The van der Waals surface area contributed by atoms with E-state index < -0.39 is 70.4 Å². The topological polar surface area (TPSA) is 186 Å². The fourth-order valence-corrected chi connectivity index (χ4v) is 7.16. The van der Waals surface area contributed by atoms with Gasteiger partial charge in [0.1, 0.15) is 17.1 Å². The number of phenols is 1. The second-order valence-corrected chi connectivity index (χ2v) is 11.3. The molecule has 0 saturated heterocycles. The molecule has 0 fully saturated rings. The molecule has 0 spiro atoms. The molecule has 6 atom stereocenters. The van der Waals surface area contributed by atoms with Crippen LogP contribution in [0.4, 0.5) is 10.8 Å². The number of amides is 1. The van der Waals surface area contributed by atoms with E-state index in [2.05, 4.69) is 10.3 Å². The van der Waals surface area contributed by atoms with Crippen molar-refractivity contribution in [2.45, 2.75) is 38.3 Å². The lowest BCUT2D eigenvalue weighted by atomic mass is 9.57. The third-order valence-electron chi connectivity index (χ3n) is 8.15. The number of phenolic OH excluding ortho intramolecular Hbond substituents is 1. The molecule has 1 aromatic carbocycles. The molecule has 7 N–H and O–H groups in total. The molecule has 0 bridgehead atoms. The Hall–Kier alpha value is -3.74. The summed E-state index contributed by atoms with van der Waals surface area (Å²) in [7, 11) is 3.19. The minimum atomic E-state index is -1.49. The van der Waals surface area contributed by atoms with Gasteiger partial charge in [0, 0.05) is 22.8 Å². The number of aryl methyl sites for hydroxylation is 1. The van der Waals surface area contributed by atoms with Crippen molar-refractivity contribution < 1.29 is 34.8 Å². The molecule has 39 heavy (non-hydrogen) atoms. The predicted molar refractivity (Wildman–Crippen MR) is 143 cm³/mol. The number of carbonyl (C=O) groups excluding carboxylic acids is 3. The van der Waals surface area contributed by atoms with E-state index in [1.165, 1.54) is 16.2 Å². The highest BCUT2D eigenvalue weighted by atomic mass is 32.1. The number of aromatic hydroxyl groups is 1. The summed E-state index contributed by atoms with van der Waals surface area (Å²) in [6.07, 6.45) is -0.620. The molecule has 12 heteroatoms. The van der Waals surface area contributed by atoms with Gasteiger partial charge in [-0.3, -0.25) is 19.3 Å². The van der Waals surface area contributed by atoms with Crippen LogP contribution in [0, 0.1) is 17.8 Å². The first-order chi connectivity index (χ1) is 18.4. The molecule has 0 aliphatic heterocycles. The summed E-state index contributed by atoms with van der Waals surface area (Å²) in [5, 5.41) is 50.6. The quantitative estimate of drug-likeness (QED) is 0.237. The third-order valence-corrected chi connectivity index (χ3v) is 8.96. The van der Waals surface area contributed by atoms with Crippen molar-refractivity contribution in [2.75, 3.05) is 19.4 Å². The van der Waals surface area contributed by atoms with E-state index >= 15 is 0 Å². The van der Waals surface area contributed by atoms with Gasteiger partial charge < -0.3 is 31.5 Å². The number of anilines is 2. The zero-order valence-corrected chi connectivity index (χ0v) is 22.6. The third kappa shape index (κ3) is 3.85. The molecule has 0 radical (unpaired) electrons. The Morgan fingerprint density at radius 3 is 2.46 bits per heavy atom. The van der Waals surface area contributed by atoms with Crippen LogP contribution in [0.5, 0.6) is 5.75 Å². The summed E-state index contributed by atoms with van der Waals surface area (Å²) in [5.74, 6) is -8.42. The monoisotopic (exact) mass is 554 g/mol. The van der Waals surface area contributed by atoms with Crippen molar-refractivity contribution in [3.05, 3.63) is 57.0 Å². The number of ketones is 2. The Labute approximate surface area is 228 Å². The SMILES string of the molecule is CCc1csc(Nc2ccc3c(c2O)C(=O)C2=C(O)C4C(=O)C(C(N)=O)=C(O)[C@@H](N(C)C)C4[C@@H](O)C2[C@H]3C)n1. The van der Waals surface area contributed by atoms with Gasteiger partial charge in [0.05, 0.1) is 35.0 Å². The average Bonchev–Trinajstić information content (AvgIpc) is 3.32. The van der Waals surface area contributed by atoms with Crippen molar-refractivity contribution in [3.63, 3.8) is 0 Å². The fourth-order valence-electron chi connectivity index (χ4n) is 6.35. The minimum absolute atomic E-state index is 0.0517. The number of primary amides is 1. The maximum atomic E-state index is 13.9. The van der Waals surface area contributed by atoms with Gasteiger partial charge in [0.2, 0.25) is 0 Å². The Morgan fingerprint density at radius 1 is 1.18 bits per heavy atom. The summed E-state index contributed by atoms with van der Waals surface area (Å²) >= 11 is 1.35. The highest BCUT2D eigenvalue weighted by Crippen LogP contribution is 2.54. The first-order valence-electron chi connectivity index (χ1n) is 12.6. The number of allylic oxidation sites excluding steroid dienone is 1. The van der Waals surface area contributed by atoms with Gasteiger partial charge in [-0.25, -0.2) is 4.98 Å². The number of aromatic nitrogens is 1. The van der Waals surface area contributed by atoms with Crippen LogP contribution in [0.1, 0.15) is 41.4 Å². The van der Waals surface area contributed by atoms with Crippen molar-refractivity contribution in [1.29, 1.82) is 0 Å². The van der Waals surface area contributed by atoms with Crippen LogP contribution in [0.3, 0.4) is 0 Å². The molecule has 3 aliphatic carbocycles. The minimum Gasteiger partial charge on any atom is -0.511 e. The van der Waals surface area contributed by atoms with Gasteiger partial charge in [-0.05, 0) is 38.1 Å². The molecule has 0 saturated carbocycles. The number of fused-ring (bicyclic) bond motifs is 3. The largest absolute Gasteiger partial charge is 0.511 e. The molecule has 3 unspecified atom stereocenters. The number of hydrogen-bond donors (Lipinski definition) is 6. The standard InChI is InChI=1S/C27H30N4O7S/c1-5-10-8-39-27(29-10)30-12-7-6-11-9(2)13-16(22(34)14(11)20(12)32)23(35)17-15(21(13)33)19(31(3)4)25(37)18(24(17)36)26(28)38/h6-9,13,15,17,19,21,32-33,35,37H,5H2,1-4H3,(H2,28,38)(H,29,30)/t9-,13?,15?,17?,19-,21-/m0/s1. The maximum absolute atomic E-state index is 13.9. The van der Waals surface area contributed by atoms with Crippen molar-refractivity contribution in [1.82, 2.24) is 9.88 Å². The highest BCUT2D eigenvalue weighted by Gasteiger charge is 2.59. The summed E-state index contributed by atoms with van der Waals surface area (Å²) in [6.45, 7) is 3.73. The number of likely N-dealkylation sites (N-methyl/N-ethyl adjacent to an activating group) is 1. The molecular weight excluding hydrogens is 524 g/mol. The smallest absolute Gasteiger partial charge is 0.255 e. The normalized spacial score (nSPS) is 28.4. The maximum Gasteiger partial charge on any atom is 0.255 e. The number of aliphatic hydroxyl groups is 3. The summed E-state index contributed by atoms with van der Waals surface area (Å²) in [4.78, 5) is 45.3. The van der Waals surface area contributed by atoms with Crippen LogP contribution in [-0.4, -0.2) is 74.0 Å². The van der Waals surface area contributed by atoms with Gasteiger partial charge in [0.15, 0.2) is 22.4 Å². The molecule has 2 aromatic rings. The van der Waals surface area contributed by atoms with Crippen LogP contribution in [0.15, 0.2) is 40.2 Å². The molecule has 3 aliphatic rings. The van der Waals surface area contributed by atoms with Gasteiger partial charge in [-0.2, -0.15) is 0 Å². The average molecular weight is 555 g/mol. The number of benzene rings is 1. The van der Waals surface area contributed by atoms with E-state index in [0.29, 0.717) is 10.7 Å². The number of rotatable bonds is 5. The Balaban J connectivity index is 1.65. The van der Waals surface area contributed by atoms with Gasteiger partial charge in [-0.15, -0.1) is 11.3 Å². The van der Waals surface area contributed by atoms with Gasteiger partial charge in [-0.1, -0.05) is 19.9 Å². The van der Waals surface area contributed by atoms with E-state index in [0.717, 1.165) is 12.1 Å². The van der Waals surface area contributed by atoms with E-state index in [9.17, 15) is 34.8 Å². The van der Waals surface area contributed by atoms with E-state index in [-0.39, 0.29) is 22.6 Å². The number of thiazole rings is 1. The molecular formula is C27H30N4O7S. The van der Waals surface area contributed by atoms with Gasteiger partial charge >= 0.3 is 0 Å². The molecule has 206 valence electrons. The zero-order valence-electron chi connectivity index (χ0n) is 21.8. The fraction of sp³-hybridized carbons (Fsp3) is 0.407. The Morgan fingerprint density at radius 2 is 1.87 bits per heavy atom. The lowest BCUT2D eigenvalue weighted by Gasteiger charge is -2.50. The van der Waals surface area contributed by atoms with Crippen LogP contribution < -0.4 is 11.1 Å². The number of carbonyl (C=O) groups is 3. The lowest BCUT2D eigenvalue weighted by molar-refractivity contribution is -0.131. The molecule has 1 aromatic heterocycles. The number of nitrogens with one attached hydrogen (secondary N) is 1. The first kappa shape index (κ1) is 26.9. The van der Waals surface area contributed by atoms with Crippen LogP contribution in [0.25, 0.3) is 0 Å². The van der Waals surface area contributed by atoms with E-state index in [4.69, 9.17) is 5.73 Å². The van der Waals surface area contributed by atoms with E-state index in [1.54, 1.807) is 33.2 Å². The van der Waals surface area contributed by atoms with Crippen molar-refractivity contribution >= 4 is 39.6 Å². The second-order valence-electron chi connectivity index (χ2n) is 10.4. The number of Topliss-reactive ketones (excluding diaryl/α,β-unsaturated/α-hetero) is 2. The zero-order chi connectivity index (χ0) is 28.5. The summed E-state index contributed by atoms with van der Waals surface area (Å²) < 4.78 is 0. The molecule has 1 amide bonds. The molecule has 1 heterocycles. The number of hydrogen-bond acceptors (Lipinski definition) is 11. The highest BCUT2D eigenvalue weighted by molar-refractivity contribution is 7.13. The first-order valence-corrected chi connectivity index (χ1v) is 13.4. The van der Waals surface area contributed by atoms with Gasteiger partial charge in [0.25, 0.3) is 5.91 Å². The lowest BCUT2D eigenvalue weighted by Crippen LogP contribution is -2.59. The van der Waals surface area contributed by atoms with Crippen molar-refractivity contribution in [2.24, 2.45) is 23.5 Å². The Bertz CT molecular complexity index is 1480. The molecule has 5 rings (SSSR count). The van der Waals surface area contributed by atoms with Crippen LogP contribution in [-0.2, 0) is 16.0 Å². The van der Waals surface area contributed by atoms with Crippen LogP contribution >= 0.6 is 11.3 Å². The van der Waals surface area contributed by atoms with Crippen LogP contribution in [0.2, 0.25) is 0 Å². The second kappa shape index (κ2) is 9.47.